The molecule has 5 heteroatoms. The van der Waals surface area contributed by atoms with E-state index in [1.165, 1.54) is 0 Å². The minimum absolute atomic E-state index is 0.0470. The number of nitrogens with zero attached hydrogens (tertiary/aromatic N) is 1. The van der Waals surface area contributed by atoms with Crippen molar-refractivity contribution in [1.82, 2.24) is 10.2 Å². The molecule has 0 aliphatic heterocycles. The molecule has 0 aromatic heterocycles. The summed E-state index contributed by atoms with van der Waals surface area (Å²) < 4.78 is 0. The van der Waals surface area contributed by atoms with Gasteiger partial charge in [-0.05, 0) is 48.4 Å². The van der Waals surface area contributed by atoms with Gasteiger partial charge in [0.15, 0.2) is 0 Å². The number of rotatable bonds is 7. The maximum absolute atomic E-state index is 12.5. The fourth-order valence-corrected chi connectivity index (χ4v) is 3.61. The largest absolute Gasteiger partial charge is 0.465 e. The number of carboxylic acid groups (broad SMARTS) is 1. The number of amides is 2. The van der Waals surface area contributed by atoms with Crippen molar-refractivity contribution in [3.05, 3.63) is 71.3 Å². The van der Waals surface area contributed by atoms with E-state index >= 15 is 0 Å². The van der Waals surface area contributed by atoms with Crippen LogP contribution < -0.4 is 5.32 Å². The van der Waals surface area contributed by atoms with Gasteiger partial charge in [0.1, 0.15) is 0 Å². The van der Waals surface area contributed by atoms with E-state index in [2.05, 4.69) is 5.32 Å². The number of hydrogen-bond acceptors (Lipinski definition) is 2. The van der Waals surface area contributed by atoms with Gasteiger partial charge in [0.25, 0.3) is 5.91 Å². The minimum atomic E-state index is -0.828. The molecular weight excluding hydrogens is 340 g/mol. The van der Waals surface area contributed by atoms with Gasteiger partial charge >= 0.3 is 6.09 Å². The van der Waals surface area contributed by atoms with Gasteiger partial charge in [0, 0.05) is 30.6 Å². The van der Waals surface area contributed by atoms with Crippen molar-refractivity contribution in [3.8, 4) is 0 Å². The lowest BCUT2D eigenvalue weighted by molar-refractivity contribution is 0.0950. The Hall–Kier alpha value is -2.82. The molecule has 5 nitrogen and oxygen atoms in total. The van der Waals surface area contributed by atoms with Gasteiger partial charge in [-0.1, -0.05) is 42.5 Å². The van der Waals surface area contributed by atoms with Crippen LogP contribution in [-0.4, -0.2) is 34.6 Å². The van der Waals surface area contributed by atoms with Crippen molar-refractivity contribution < 1.29 is 14.7 Å². The second-order valence-corrected chi connectivity index (χ2v) is 7.58. The molecule has 0 spiro atoms. The third kappa shape index (κ3) is 4.30. The van der Waals surface area contributed by atoms with Gasteiger partial charge in [-0.3, -0.25) is 4.79 Å². The average molecular weight is 364 g/mol. The molecule has 2 aromatic carbocycles. The minimum Gasteiger partial charge on any atom is -0.465 e. The van der Waals surface area contributed by atoms with Gasteiger partial charge < -0.3 is 15.3 Å². The van der Waals surface area contributed by atoms with Crippen LogP contribution in [0.5, 0.6) is 0 Å². The van der Waals surface area contributed by atoms with Gasteiger partial charge in [0.05, 0.1) is 0 Å². The van der Waals surface area contributed by atoms with E-state index in [0.717, 1.165) is 30.4 Å². The normalized spacial score (nSPS) is 20.7. The molecule has 27 heavy (non-hydrogen) atoms. The number of benzene rings is 2. The highest BCUT2D eigenvalue weighted by molar-refractivity contribution is 5.94. The third-order valence-corrected chi connectivity index (χ3v) is 5.43. The van der Waals surface area contributed by atoms with E-state index in [0.29, 0.717) is 24.6 Å². The number of nitrogens with one attached hydrogen (secondary N) is 1. The summed E-state index contributed by atoms with van der Waals surface area (Å²) in [7, 11) is 0. The van der Waals surface area contributed by atoms with Crippen LogP contribution in [-0.2, 0) is 6.54 Å². The molecule has 0 saturated heterocycles. The van der Waals surface area contributed by atoms with Gasteiger partial charge in [-0.15, -0.1) is 0 Å². The molecule has 0 bridgehead atoms. The highest BCUT2D eigenvalue weighted by Crippen LogP contribution is 2.46. The van der Waals surface area contributed by atoms with Gasteiger partial charge in [-0.2, -0.15) is 0 Å². The lowest BCUT2D eigenvalue weighted by Gasteiger charge is -2.19. The molecule has 0 radical (unpaired) electrons. The maximum Gasteiger partial charge on any atom is 0.407 e. The molecule has 140 valence electrons. The molecule has 2 saturated carbocycles. The molecule has 2 aliphatic rings. The van der Waals surface area contributed by atoms with Crippen LogP contribution in [0.15, 0.2) is 54.6 Å². The Kier molecular flexibility index (Phi) is 4.84. The Labute approximate surface area is 159 Å². The second kappa shape index (κ2) is 7.43. The van der Waals surface area contributed by atoms with Crippen molar-refractivity contribution in [1.29, 1.82) is 0 Å². The molecule has 2 atom stereocenters. The van der Waals surface area contributed by atoms with Gasteiger partial charge in [0.2, 0.25) is 0 Å². The maximum atomic E-state index is 12.5. The van der Waals surface area contributed by atoms with E-state index in [-0.39, 0.29) is 17.9 Å². The quantitative estimate of drug-likeness (QED) is 0.784. The summed E-state index contributed by atoms with van der Waals surface area (Å²) in [5.74, 6) is 0.630. The average Bonchev–Trinajstić information content (AvgIpc) is 3.59. The van der Waals surface area contributed by atoms with Crippen molar-refractivity contribution in [2.75, 3.05) is 6.54 Å². The monoisotopic (exact) mass is 364 g/mol. The summed E-state index contributed by atoms with van der Waals surface area (Å²) in [6, 6.07) is 17.4. The first kappa shape index (κ1) is 17.6. The predicted octanol–water partition coefficient (Wildman–Crippen LogP) is 3.86. The number of carbonyl (C=O) groups excluding carboxylic acids is 1. The Morgan fingerprint density at radius 2 is 1.85 bits per heavy atom. The molecule has 2 amide bonds. The molecule has 2 aliphatic carbocycles. The van der Waals surface area contributed by atoms with Crippen LogP contribution in [0.1, 0.15) is 46.7 Å². The zero-order valence-electron chi connectivity index (χ0n) is 15.2. The lowest BCUT2D eigenvalue weighted by Crippen LogP contribution is -2.34. The SMILES string of the molecule is O=C(NCc1ccccc1)c1cccc([C@@H]2C[C@H]2N(CC2CC2)C(=O)O)c1. The summed E-state index contributed by atoms with van der Waals surface area (Å²) in [6.07, 6.45) is 2.29. The zero-order valence-corrected chi connectivity index (χ0v) is 15.2. The van der Waals surface area contributed by atoms with Crippen LogP contribution in [0, 0.1) is 5.92 Å². The zero-order chi connectivity index (χ0) is 18.8. The first-order valence-corrected chi connectivity index (χ1v) is 9.53. The molecular formula is C22H24N2O3. The fraction of sp³-hybridized carbons (Fsp3) is 0.364. The van der Waals surface area contributed by atoms with Crippen molar-refractivity contribution in [2.24, 2.45) is 5.92 Å². The third-order valence-electron chi connectivity index (χ3n) is 5.43. The van der Waals surface area contributed by atoms with Crippen LogP contribution in [0.2, 0.25) is 0 Å². The molecule has 2 aromatic rings. The van der Waals surface area contributed by atoms with Crippen molar-refractivity contribution in [2.45, 2.75) is 37.8 Å². The van der Waals surface area contributed by atoms with E-state index in [9.17, 15) is 14.7 Å². The van der Waals surface area contributed by atoms with Crippen LogP contribution in [0.4, 0.5) is 4.79 Å². The topological polar surface area (TPSA) is 69.6 Å². The molecule has 2 N–H and O–H groups in total. The Morgan fingerprint density at radius 3 is 2.56 bits per heavy atom. The first-order chi connectivity index (χ1) is 13.1. The van der Waals surface area contributed by atoms with Crippen molar-refractivity contribution in [3.63, 3.8) is 0 Å². The Balaban J connectivity index is 1.39. The summed E-state index contributed by atoms with van der Waals surface area (Å²) >= 11 is 0. The number of hydrogen-bond donors (Lipinski definition) is 2. The smallest absolute Gasteiger partial charge is 0.407 e. The van der Waals surface area contributed by atoms with Gasteiger partial charge in [-0.25, -0.2) is 4.79 Å². The predicted molar refractivity (Wildman–Crippen MR) is 103 cm³/mol. The molecule has 2 fully saturated rings. The first-order valence-electron chi connectivity index (χ1n) is 9.53. The van der Waals surface area contributed by atoms with E-state index in [1.54, 1.807) is 11.0 Å². The standard InChI is InChI=1S/C22H24N2O3/c25-21(23-13-15-5-2-1-3-6-15)18-8-4-7-17(11-18)19-12-20(19)24(22(26)27)14-16-9-10-16/h1-8,11,16,19-20H,9-10,12-14H2,(H,23,25)(H,26,27)/t19-,20+/m0/s1. The van der Waals surface area contributed by atoms with E-state index in [4.69, 9.17) is 0 Å². The summed E-state index contributed by atoms with van der Waals surface area (Å²) in [4.78, 5) is 25.7. The Bertz CT molecular complexity index is 832. The molecule has 0 unspecified atom stereocenters. The Morgan fingerprint density at radius 1 is 1.07 bits per heavy atom. The molecule has 4 rings (SSSR count). The van der Waals surface area contributed by atoms with E-state index < -0.39 is 6.09 Å². The fourth-order valence-electron chi connectivity index (χ4n) is 3.61. The summed E-state index contributed by atoms with van der Waals surface area (Å²) in [5, 5.41) is 12.5. The highest BCUT2D eigenvalue weighted by Gasteiger charge is 2.46. The summed E-state index contributed by atoms with van der Waals surface area (Å²) in [6.45, 7) is 1.14. The molecule has 0 heterocycles. The van der Waals surface area contributed by atoms with Crippen LogP contribution >= 0.6 is 0 Å². The lowest BCUT2D eigenvalue weighted by atomic mass is 10.1. The van der Waals surface area contributed by atoms with Crippen LogP contribution in [0.25, 0.3) is 0 Å². The highest BCUT2D eigenvalue weighted by atomic mass is 16.4. The van der Waals surface area contributed by atoms with Crippen molar-refractivity contribution >= 4 is 12.0 Å². The van der Waals surface area contributed by atoms with Crippen LogP contribution in [0.3, 0.4) is 0 Å². The number of carbonyl (C=O) groups is 2. The second-order valence-electron chi connectivity index (χ2n) is 7.58. The van der Waals surface area contributed by atoms with E-state index in [1.807, 2.05) is 48.5 Å². The summed E-state index contributed by atoms with van der Waals surface area (Å²) in [5.41, 5.74) is 2.73.